The van der Waals surface area contributed by atoms with E-state index >= 15 is 0 Å². The predicted molar refractivity (Wildman–Crippen MR) is 67.0 cm³/mol. The molecule has 2 aliphatic rings. The van der Waals surface area contributed by atoms with Crippen LogP contribution in [0.4, 0.5) is 0 Å². The summed E-state index contributed by atoms with van der Waals surface area (Å²) >= 11 is 3.61. The standard InChI is InChI=1S/C13H13BrN2/c1-7-10(14)4-5-11-15-12-8-2-3-9(6-8)13(12)16(7)11/h4-5,8-9H,2-3,6H2,1H3. The molecule has 0 spiro atoms. The number of halogens is 1. The molecule has 0 amide bonds. The summed E-state index contributed by atoms with van der Waals surface area (Å²) in [6.45, 7) is 2.17. The third-order valence-corrected chi connectivity index (χ3v) is 5.07. The van der Waals surface area contributed by atoms with E-state index in [0.29, 0.717) is 0 Å². The Morgan fingerprint density at radius 1 is 1.31 bits per heavy atom. The van der Waals surface area contributed by atoms with Crippen molar-refractivity contribution in [3.8, 4) is 0 Å². The van der Waals surface area contributed by atoms with Crippen molar-refractivity contribution in [3.63, 3.8) is 0 Å². The molecule has 16 heavy (non-hydrogen) atoms. The van der Waals surface area contributed by atoms with Crippen molar-refractivity contribution in [3.05, 3.63) is 33.7 Å². The SMILES string of the molecule is Cc1c(Br)ccc2nc3c(n12)C1CCC3C1. The van der Waals surface area contributed by atoms with Gasteiger partial charge in [-0.25, -0.2) is 4.98 Å². The Morgan fingerprint density at radius 3 is 3.00 bits per heavy atom. The van der Waals surface area contributed by atoms with Crippen LogP contribution in [0.25, 0.3) is 5.65 Å². The molecule has 1 fully saturated rings. The second-order valence-corrected chi connectivity index (χ2v) is 5.90. The summed E-state index contributed by atoms with van der Waals surface area (Å²) in [6.07, 6.45) is 4.05. The number of nitrogens with zero attached hydrogens (tertiary/aromatic N) is 2. The zero-order valence-electron chi connectivity index (χ0n) is 9.20. The van der Waals surface area contributed by atoms with Crippen LogP contribution in [0, 0.1) is 6.92 Å². The lowest BCUT2D eigenvalue weighted by Crippen LogP contribution is -2.02. The minimum absolute atomic E-state index is 0.748. The fourth-order valence-corrected chi connectivity index (χ4v) is 3.79. The summed E-state index contributed by atoms with van der Waals surface area (Å²) in [5.74, 6) is 1.51. The van der Waals surface area contributed by atoms with Crippen LogP contribution in [-0.4, -0.2) is 9.38 Å². The smallest absolute Gasteiger partial charge is 0.137 e. The van der Waals surface area contributed by atoms with Gasteiger partial charge < -0.3 is 0 Å². The van der Waals surface area contributed by atoms with Gasteiger partial charge >= 0.3 is 0 Å². The van der Waals surface area contributed by atoms with Gasteiger partial charge in [0.25, 0.3) is 0 Å². The van der Waals surface area contributed by atoms with Crippen LogP contribution in [0.1, 0.15) is 48.2 Å². The van der Waals surface area contributed by atoms with Crippen LogP contribution in [0.5, 0.6) is 0 Å². The van der Waals surface area contributed by atoms with Crippen LogP contribution in [0.15, 0.2) is 16.6 Å². The van der Waals surface area contributed by atoms with E-state index in [1.54, 1.807) is 0 Å². The van der Waals surface area contributed by atoms with E-state index in [9.17, 15) is 0 Å². The highest BCUT2D eigenvalue weighted by Gasteiger charge is 2.41. The molecular weight excluding hydrogens is 264 g/mol. The Kier molecular flexibility index (Phi) is 1.67. The van der Waals surface area contributed by atoms with E-state index < -0.39 is 0 Å². The van der Waals surface area contributed by atoms with Gasteiger partial charge in [0.2, 0.25) is 0 Å². The van der Waals surface area contributed by atoms with Gasteiger partial charge in [-0.3, -0.25) is 4.40 Å². The summed E-state index contributed by atoms with van der Waals surface area (Å²) in [7, 11) is 0. The van der Waals surface area contributed by atoms with E-state index in [1.165, 1.54) is 40.8 Å². The molecule has 2 aromatic heterocycles. The first-order valence-electron chi connectivity index (χ1n) is 5.93. The fraction of sp³-hybridized carbons (Fsp3) is 0.462. The van der Waals surface area contributed by atoms with Crippen LogP contribution in [-0.2, 0) is 0 Å². The summed E-state index contributed by atoms with van der Waals surface area (Å²) in [6, 6.07) is 4.23. The second kappa shape index (κ2) is 2.89. The fourth-order valence-electron chi connectivity index (χ4n) is 3.48. The highest BCUT2D eigenvalue weighted by Crippen LogP contribution is 2.53. The second-order valence-electron chi connectivity index (χ2n) is 5.05. The first-order valence-corrected chi connectivity index (χ1v) is 6.72. The van der Waals surface area contributed by atoms with Gasteiger partial charge in [-0.2, -0.15) is 0 Å². The van der Waals surface area contributed by atoms with Crippen LogP contribution in [0.3, 0.4) is 0 Å². The lowest BCUT2D eigenvalue weighted by atomic mass is 10.0. The Morgan fingerprint density at radius 2 is 2.12 bits per heavy atom. The number of rotatable bonds is 0. The largest absolute Gasteiger partial charge is 0.300 e. The van der Waals surface area contributed by atoms with Crippen LogP contribution < -0.4 is 0 Å². The highest BCUT2D eigenvalue weighted by atomic mass is 79.9. The van der Waals surface area contributed by atoms with Crippen LogP contribution in [0.2, 0.25) is 0 Å². The lowest BCUT2D eigenvalue weighted by Gasteiger charge is -2.12. The topological polar surface area (TPSA) is 17.3 Å². The quantitative estimate of drug-likeness (QED) is 0.716. The summed E-state index contributed by atoms with van der Waals surface area (Å²) in [4.78, 5) is 4.82. The minimum atomic E-state index is 0.748. The Balaban J connectivity index is 2.14. The Hall–Kier alpha value is -0.830. The molecule has 2 aromatic rings. The molecule has 0 N–H and O–H groups in total. The van der Waals surface area contributed by atoms with E-state index in [4.69, 9.17) is 4.98 Å². The molecule has 2 unspecified atom stereocenters. The van der Waals surface area contributed by atoms with Gasteiger partial charge in [0, 0.05) is 27.7 Å². The predicted octanol–water partition coefficient (Wildman–Crippen LogP) is 3.77. The number of hydrogen-bond acceptors (Lipinski definition) is 1. The molecule has 0 aromatic carbocycles. The molecule has 2 atom stereocenters. The lowest BCUT2D eigenvalue weighted by molar-refractivity contribution is 0.687. The molecule has 0 saturated heterocycles. The first kappa shape index (κ1) is 9.23. The van der Waals surface area contributed by atoms with Crippen molar-refractivity contribution in [1.82, 2.24) is 9.38 Å². The van der Waals surface area contributed by atoms with Crippen molar-refractivity contribution >= 4 is 21.6 Å². The van der Waals surface area contributed by atoms with Crippen molar-refractivity contribution in [2.75, 3.05) is 0 Å². The maximum Gasteiger partial charge on any atom is 0.137 e. The number of hydrogen-bond donors (Lipinski definition) is 0. The Bertz CT molecular complexity index is 599. The van der Waals surface area contributed by atoms with Crippen molar-refractivity contribution in [2.24, 2.45) is 0 Å². The zero-order valence-corrected chi connectivity index (χ0v) is 10.8. The maximum absolute atomic E-state index is 4.82. The van der Waals surface area contributed by atoms with Gasteiger partial charge in [0.1, 0.15) is 5.65 Å². The number of imidazole rings is 1. The molecule has 2 heterocycles. The molecule has 1 saturated carbocycles. The molecule has 82 valence electrons. The van der Waals surface area contributed by atoms with Crippen LogP contribution >= 0.6 is 15.9 Å². The van der Waals surface area contributed by atoms with Gasteiger partial charge in [-0.15, -0.1) is 0 Å². The normalized spacial score (nSPS) is 26.6. The van der Waals surface area contributed by atoms with E-state index in [2.05, 4.69) is 39.4 Å². The average molecular weight is 277 g/mol. The van der Waals surface area contributed by atoms with Crippen molar-refractivity contribution in [1.29, 1.82) is 0 Å². The monoisotopic (exact) mass is 276 g/mol. The van der Waals surface area contributed by atoms with Crippen molar-refractivity contribution < 1.29 is 0 Å². The molecular formula is C13H13BrN2. The molecule has 2 bridgehead atoms. The van der Waals surface area contributed by atoms with Gasteiger partial charge in [0.05, 0.1) is 5.69 Å². The van der Waals surface area contributed by atoms with Crippen molar-refractivity contribution in [2.45, 2.75) is 38.0 Å². The maximum atomic E-state index is 4.82. The summed E-state index contributed by atoms with van der Waals surface area (Å²) in [5, 5.41) is 0. The molecule has 2 nitrogen and oxygen atoms in total. The van der Waals surface area contributed by atoms with Gasteiger partial charge in [-0.05, 0) is 54.2 Å². The molecule has 4 rings (SSSR count). The number of pyridine rings is 1. The summed E-state index contributed by atoms with van der Waals surface area (Å²) in [5.41, 5.74) is 5.31. The van der Waals surface area contributed by atoms with E-state index in [1.807, 2.05) is 0 Å². The third kappa shape index (κ3) is 0.956. The Labute approximate surface area is 103 Å². The molecule has 0 aliphatic heterocycles. The van der Waals surface area contributed by atoms with Gasteiger partial charge in [-0.1, -0.05) is 0 Å². The third-order valence-electron chi connectivity index (χ3n) is 4.23. The molecule has 0 radical (unpaired) electrons. The molecule has 2 aliphatic carbocycles. The summed E-state index contributed by atoms with van der Waals surface area (Å²) < 4.78 is 3.55. The first-order chi connectivity index (χ1) is 7.75. The highest BCUT2D eigenvalue weighted by molar-refractivity contribution is 9.10. The van der Waals surface area contributed by atoms with Gasteiger partial charge in [0.15, 0.2) is 0 Å². The molecule has 3 heteroatoms. The van der Waals surface area contributed by atoms with E-state index in [0.717, 1.165) is 17.5 Å². The number of aryl methyl sites for hydroxylation is 1. The average Bonchev–Trinajstić information content (AvgIpc) is 2.93. The van der Waals surface area contributed by atoms with E-state index in [-0.39, 0.29) is 0 Å². The number of aromatic nitrogens is 2. The zero-order chi connectivity index (χ0) is 10.9. The number of fused-ring (bicyclic) bond motifs is 7. The minimum Gasteiger partial charge on any atom is -0.300 e.